The van der Waals surface area contributed by atoms with E-state index in [4.69, 9.17) is 16.3 Å². The predicted molar refractivity (Wildman–Crippen MR) is 45.5 cm³/mol. The van der Waals surface area contributed by atoms with E-state index in [9.17, 15) is 5.11 Å². The van der Waals surface area contributed by atoms with Crippen LogP contribution in [0, 0.1) is 6.07 Å². The number of hydrogen-bond acceptors (Lipinski definition) is 2. The molecule has 2 rings (SSSR count). The highest BCUT2D eigenvalue weighted by atomic mass is 35.5. The van der Waals surface area contributed by atoms with Crippen LogP contribution in [0.2, 0.25) is 5.02 Å². The Labute approximate surface area is 75.7 Å². The van der Waals surface area contributed by atoms with E-state index in [0.29, 0.717) is 23.8 Å². The minimum absolute atomic E-state index is 0.324. The first-order valence-electron chi connectivity index (χ1n) is 3.77. The molecule has 63 valence electrons. The van der Waals surface area contributed by atoms with Crippen LogP contribution in [0.25, 0.3) is 0 Å². The first-order valence-corrected chi connectivity index (χ1v) is 4.15. The van der Waals surface area contributed by atoms with Crippen LogP contribution in [0.1, 0.15) is 5.56 Å². The lowest BCUT2D eigenvalue weighted by Gasteiger charge is -2.21. The number of aliphatic hydroxyl groups excluding tert-OH is 1. The lowest BCUT2D eigenvalue weighted by Crippen LogP contribution is -2.25. The normalized spacial score (nSPS) is 21.3. The maximum absolute atomic E-state index is 9.26. The third kappa shape index (κ3) is 1.28. The third-order valence-corrected chi connectivity index (χ3v) is 2.14. The van der Waals surface area contributed by atoms with Crippen LogP contribution in [-0.2, 0) is 6.42 Å². The Balaban J connectivity index is 2.42. The van der Waals surface area contributed by atoms with Crippen LogP contribution in [-0.4, -0.2) is 17.8 Å². The summed E-state index contributed by atoms with van der Waals surface area (Å²) in [6, 6.07) is 6.46. The fourth-order valence-corrected chi connectivity index (χ4v) is 1.51. The predicted octanol–water partition coefficient (Wildman–Crippen LogP) is 1.44. The lowest BCUT2D eigenvalue weighted by atomic mass is 10.1. The van der Waals surface area contributed by atoms with Crippen molar-refractivity contribution < 1.29 is 9.84 Å². The van der Waals surface area contributed by atoms with E-state index in [1.54, 1.807) is 12.1 Å². The summed E-state index contributed by atoms with van der Waals surface area (Å²) < 4.78 is 5.25. The van der Waals surface area contributed by atoms with Crippen molar-refractivity contribution in [3.63, 3.8) is 0 Å². The average molecular weight is 184 g/mol. The minimum atomic E-state index is -0.424. The molecule has 0 amide bonds. The van der Waals surface area contributed by atoms with Crippen molar-refractivity contribution in [2.75, 3.05) is 6.61 Å². The Kier molecular flexibility index (Phi) is 1.95. The fraction of sp³-hybridized carbons (Fsp3) is 0.333. The second kappa shape index (κ2) is 2.96. The van der Waals surface area contributed by atoms with Crippen LogP contribution >= 0.6 is 11.6 Å². The van der Waals surface area contributed by atoms with E-state index < -0.39 is 6.10 Å². The molecule has 0 aliphatic carbocycles. The summed E-state index contributed by atoms with van der Waals surface area (Å²) in [4.78, 5) is 0. The van der Waals surface area contributed by atoms with E-state index >= 15 is 0 Å². The van der Waals surface area contributed by atoms with E-state index in [1.165, 1.54) is 0 Å². The molecule has 0 saturated carbocycles. The van der Waals surface area contributed by atoms with Gasteiger partial charge in [-0.2, -0.15) is 0 Å². The van der Waals surface area contributed by atoms with Gasteiger partial charge in [0.2, 0.25) is 0 Å². The maximum atomic E-state index is 9.26. The first-order chi connectivity index (χ1) is 5.77. The number of hydrogen-bond donors (Lipinski definition) is 1. The number of aliphatic hydroxyl groups is 1. The highest BCUT2D eigenvalue weighted by Gasteiger charge is 2.19. The summed E-state index contributed by atoms with van der Waals surface area (Å²) in [6.45, 7) is 0.324. The van der Waals surface area contributed by atoms with Gasteiger partial charge in [-0.3, -0.25) is 0 Å². The fourth-order valence-electron chi connectivity index (χ4n) is 1.28. The summed E-state index contributed by atoms with van der Waals surface area (Å²) in [5, 5.41) is 9.85. The molecule has 3 heteroatoms. The Morgan fingerprint density at radius 2 is 2.50 bits per heavy atom. The van der Waals surface area contributed by atoms with Crippen molar-refractivity contribution in [3.8, 4) is 5.75 Å². The van der Waals surface area contributed by atoms with Gasteiger partial charge < -0.3 is 9.84 Å². The molecule has 0 aromatic heterocycles. The lowest BCUT2D eigenvalue weighted by molar-refractivity contribution is 0.0921. The Morgan fingerprint density at radius 3 is 3.33 bits per heavy atom. The van der Waals surface area contributed by atoms with Crippen LogP contribution in [0.4, 0.5) is 0 Å². The summed E-state index contributed by atoms with van der Waals surface area (Å²) in [5.74, 6) is 0.671. The van der Waals surface area contributed by atoms with Gasteiger partial charge in [-0.15, -0.1) is 0 Å². The standard InChI is InChI=1S/C9H8ClO2/c10-8-3-1-2-6-4-7(11)5-12-9(6)8/h1,3,7,11H,4-5H2. The van der Waals surface area contributed by atoms with E-state index in [-0.39, 0.29) is 0 Å². The van der Waals surface area contributed by atoms with Gasteiger partial charge in [0.05, 0.1) is 11.1 Å². The van der Waals surface area contributed by atoms with Gasteiger partial charge in [-0.1, -0.05) is 17.7 Å². The molecule has 1 radical (unpaired) electrons. The number of fused-ring (bicyclic) bond motifs is 1. The molecule has 1 unspecified atom stereocenters. The molecule has 0 fully saturated rings. The van der Waals surface area contributed by atoms with Crippen LogP contribution in [0.3, 0.4) is 0 Å². The van der Waals surface area contributed by atoms with Crippen molar-refractivity contribution in [3.05, 3.63) is 28.8 Å². The summed E-state index contributed by atoms with van der Waals surface area (Å²) in [7, 11) is 0. The molecule has 0 spiro atoms. The first kappa shape index (κ1) is 7.90. The summed E-state index contributed by atoms with van der Waals surface area (Å²) in [5.41, 5.74) is 0.862. The molecule has 1 atom stereocenters. The molecule has 2 nitrogen and oxygen atoms in total. The molecule has 1 aromatic rings. The second-order valence-corrected chi connectivity index (χ2v) is 3.21. The Bertz CT molecular complexity index is 299. The monoisotopic (exact) mass is 183 g/mol. The van der Waals surface area contributed by atoms with Gasteiger partial charge in [0.15, 0.2) is 0 Å². The third-order valence-electron chi connectivity index (χ3n) is 1.84. The molecular formula is C9H8ClO2. The van der Waals surface area contributed by atoms with Crippen molar-refractivity contribution in [2.24, 2.45) is 0 Å². The average Bonchev–Trinajstić information content (AvgIpc) is 2.04. The van der Waals surface area contributed by atoms with Gasteiger partial charge in [0.1, 0.15) is 12.4 Å². The molecule has 0 saturated heterocycles. The van der Waals surface area contributed by atoms with Gasteiger partial charge in [0, 0.05) is 12.0 Å². The largest absolute Gasteiger partial charge is 0.489 e. The zero-order valence-electron chi connectivity index (χ0n) is 6.38. The number of benzene rings is 1. The van der Waals surface area contributed by atoms with Gasteiger partial charge in [-0.25, -0.2) is 0 Å². The van der Waals surface area contributed by atoms with Crippen molar-refractivity contribution in [2.45, 2.75) is 12.5 Å². The van der Waals surface area contributed by atoms with E-state index in [0.717, 1.165) is 5.56 Å². The van der Waals surface area contributed by atoms with Crippen LogP contribution in [0.5, 0.6) is 5.75 Å². The molecule has 1 N–H and O–H groups in total. The van der Waals surface area contributed by atoms with E-state index in [2.05, 4.69) is 6.07 Å². The SMILES string of the molecule is OC1COc2c([c]ccc2Cl)C1. The maximum Gasteiger partial charge on any atom is 0.141 e. The van der Waals surface area contributed by atoms with E-state index in [1.807, 2.05) is 0 Å². The van der Waals surface area contributed by atoms with Crippen molar-refractivity contribution in [1.82, 2.24) is 0 Å². The smallest absolute Gasteiger partial charge is 0.141 e. The zero-order valence-corrected chi connectivity index (χ0v) is 7.14. The highest BCUT2D eigenvalue weighted by Crippen LogP contribution is 2.31. The molecule has 1 heterocycles. The van der Waals surface area contributed by atoms with Crippen LogP contribution in [0.15, 0.2) is 12.1 Å². The topological polar surface area (TPSA) is 29.5 Å². The van der Waals surface area contributed by atoms with Crippen molar-refractivity contribution in [1.29, 1.82) is 0 Å². The minimum Gasteiger partial charge on any atom is -0.489 e. The Hall–Kier alpha value is -0.730. The quantitative estimate of drug-likeness (QED) is 0.660. The molecule has 0 bridgehead atoms. The van der Waals surface area contributed by atoms with Gasteiger partial charge in [0.25, 0.3) is 0 Å². The number of halogens is 1. The second-order valence-electron chi connectivity index (χ2n) is 2.80. The highest BCUT2D eigenvalue weighted by molar-refractivity contribution is 6.32. The van der Waals surface area contributed by atoms with Gasteiger partial charge >= 0.3 is 0 Å². The Morgan fingerprint density at radius 1 is 1.67 bits per heavy atom. The van der Waals surface area contributed by atoms with Gasteiger partial charge in [-0.05, 0) is 12.1 Å². The van der Waals surface area contributed by atoms with Crippen LogP contribution < -0.4 is 4.74 Å². The molecule has 1 aliphatic heterocycles. The van der Waals surface area contributed by atoms with Crippen molar-refractivity contribution >= 4 is 11.6 Å². The molecular weight excluding hydrogens is 176 g/mol. The zero-order chi connectivity index (χ0) is 8.55. The number of rotatable bonds is 0. The number of ether oxygens (including phenoxy) is 1. The molecule has 1 aromatic carbocycles. The molecule has 12 heavy (non-hydrogen) atoms. The summed E-state index contributed by atoms with van der Waals surface area (Å²) in [6.07, 6.45) is 0.155. The molecule has 1 aliphatic rings. The summed E-state index contributed by atoms with van der Waals surface area (Å²) >= 11 is 5.86.